The topological polar surface area (TPSA) is 112 Å². The van der Waals surface area contributed by atoms with Crippen LogP contribution in [0.5, 0.6) is 5.75 Å². The second-order valence-electron chi connectivity index (χ2n) is 6.69. The lowest BCUT2D eigenvalue weighted by Crippen LogP contribution is -2.50. The first-order valence-corrected chi connectivity index (χ1v) is 8.81. The molecule has 148 valence electrons. The Labute approximate surface area is 165 Å². The molecule has 8 heteroatoms. The predicted molar refractivity (Wildman–Crippen MR) is 103 cm³/mol. The summed E-state index contributed by atoms with van der Waals surface area (Å²) in [7, 11) is 1.16. The highest BCUT2D eigenvalue weighted by Gasteiger charge is 2.62. The fraction of sp³-hybridized carbons (Fsp3) is 0.190. The number of methoxy groups -OCH3 is 1. The predicted octanol–water partition coefficient (Wildman–Crippen LogP) is 1.50. The molecule has 0 aliphatic carbocycles. The maximum Gasteiger partial charge on any atom is 0.344 e. The van der Waals surface area contributed by atoms with E-state index >= 15 is 0 Å². The Balaban J connectivity index is 2.20. The third-order valence-electron chi connectivity index (χ3n) is 5.12. The molecule has 0 radical (unpaired) electrons. The van der Waals surface area contributed by atoms with E-state index in [4.69, 9.17) is 19.6 Å². The summed E-state index contributed by atoms with van der Waals surface area (Å²) >= 11 is 0. The molecule has 0 saturated heterocycles. The molecule has 29 heavy (non-hydrogen) atoms. The molecule has 0 saturated carbocycles. The minimum Gasteiger partial charge on any atom is -0.465 e. The fourth-order valence-electron chi connectivity index (χ4n) is 4.08. The summed E-state index contributed by atoms with van der Waals surface area (Å²) in [5.74, 6) is -1.38. The number of benzene rings is 1. The molecular weight excluding hydrogens is 376 g/mol. The summed E-state index contributed by atoms with van der Waals surface area (Å²) in [6, 6.07) is 8.32. The van der Waals surface area contributed by atoms with Crippen LogP contribution < -0.4 is 21.0 Å². The monoisotopic (exact) mass is 394 g/mol. The lowest BCUT2D eigenvalue weighted by atomic mass is 9.69. The first kappa shape index (κ1) is 18.5. The van der Waals surface area contributed by atoms with Crippen LogP contribution in [0.2, 0.25) is 0 Å². The van der Waals surface area contributed by atoms with Gasteiger partial charge in [0.1, 0.15) is 28.1 Å². The molecule has 1 atom stereocenters. The van der Waals surface area contributed by atoms with Crippen molar-refractivity contribution in [3.05, 3.63) is 81.8 Å². The number of aryl methyl sites for hydroxylation is 1. The largest absolute Gasteiger partial charge is 0.465 e. The minimum atomic E-state index is -1.85. The zero-order valence-corrected chi connectivity index (χ0v) is 15.9. The highest BCUT2D eigenvalue weighted by molar-refractivity contribution is 6.18. The van der Waals surface area contributed by atoms with E-state index in [1.54, 1.807) is 37.3 Å². The number of hydrogen-bond donors (Lipinski definition) is 1. The van der Waals surface area contributed by atoms with E-state index in [0.717, 1.165) is 7.11 Å². The second kappa shape index (κ2) is 6.37. The van der Waals surface area contributed by atoms with Gasteiger partial charge in [-0.3, -0.25) is 4.79 Å². The third kappa shape index (κ3) is 2.29. The fourth-order valence-corrected chi connectivity index (χ4v) is 4.08. The summed E-state index contributed by atoms with van der Waals surface area (Å²) in [4.78, 5) is 41.0. The van der Waals surface area contributed by atoms with Gasteiger partial charge in [-0.15, -0.1) is 6.58 Å². The van der Waals surface area contributed by atoms with Crippen LogP contribution in [-0.4, -0.2) is 25.5 Å². The molecule has 0 bridgehead atoms. The quantitative estimate of drug-likeness (QED) is 0.620. The minimum absolute atomic E-state index is 0.0625. The Morgan fingerprint density at radius 3 is 2.76 bits per heavy atom. The number of rotatable bonds is 3. The van der Waals surface area contributed by atoms with Gasteiger partial charge < -0.3 is 24.5 Å². The van der Waals surface area contributed by atoms with Gasteiger partial charge in [0.05, 0.1) is 7.11 Å². The number of para-hydroxylation sites is 1. The van der Waals surface area contributed by atoms with Gasteiger partial charge in [0.15, 0.2) is 0 Å². The van der Waals surface area contributed by atoms with Crippen molar-refractivity contribution in [1.82, 2.24) is 0 Å². The SMILES string of the molecule is C=CCN1C(=O)C2(C(C(=O)OC)=C(N)Oc3cc(C)oc(=O)c32)c2ccccc21. The zero-order chi connectivity index (χ0) is 20.9. The maximum atomic E-state index is 13.8. The number of ether oxygens (including phenoxy) is 2. The van der Waals surface area contributed by atoms with Crippen molar-refractivity contribution in [2.75, 3.05) is 18.6 Å². The van der Waals surface area contributed by atoms with E-state index < -0.39 is 22.9 Å². The van der Waals surface area contributed by atoms with Crippen molar-refractivity contribution in [2.45, 2.75) is 12.3 Å². The van der Waals surface area contributed by atoms with E-state index in [2.05, 4.69) is 6.58 Å². The van der Waals surface area contributed by atoms with E-state index in [0.29, 0.717) is 11.3 Å². The average Bonchev–Trinajstić information content (AvgIpc) is 2.91. The summed E-state index contributed by atoms with van der Waals surface area (Å²) in [6.45, 7) is 5.43. The number of nitrogens with zero attached hydrogens (tertiary/aromatic N) is 1. The van der Waals surface area contributed by atoms with E-state index in [9.17, 15) is 14.4 Å². The lowest BCUT2D eigenvalue weighted by Gasteiger charge is -2.34. The molecule has 2 N–H and O–H groups in total. The number of carbonyl (C=O) groups excluding carboxylic acids is 2. The third-order valence-corrected chi connectivity index (χ3v) is 5.12. The van der Waals surface area contributed by atoms with Gasteiger partial charge in [-0.05, 0) is 13.0 Å². The number of anilines is 1. The molecule has 1 aromatic heterocycles. The molecule has 2 aliphatic rings. The van der Waals surface area contributed by atoms with Crippen LogP contribution in [0, 0.1) is 6.92 Å². The molecule has 0 fully saturated rings. The van der Waals surface area contributed by atoms with Crippen LogP contribution in [0.4, 0.5) is 5.69 Å². The van der Waals surface area contributed by atoms with Crippen LogP contribution in [0.15, 0.2) is 63.7 Å². The Hall–Kier alpha value is -3.81. The van der Waals surface area contributed by atoms with Crippen molar-refractivity contribution in [1.29, 1.82) is 0 Å². The van der Waals surface area contributed by atoms with Gasteiger partial charge in [-0.25, -0.2) is 9.59 Å². The molecule has 1 unspecified atom stereocenters. The molecular formula is C21H18N2O6. The first-order valence-electron chi connectivity index (χ1n) is 8.81. The van der Waals surface area contributed by atoms with Crippen molar-refractivity contribution >= 4 is 17.6 Å². The van der Waals surface area contributed by atoms with Gasteiger partial charge in [0.25, 0.3) is 0 Å². The average molecular weight is 394 g/mol. The van der Waals surface area contributed by atoms with Crippen LogP contribution in [0.3, 0.4) is 0 Å². The first-order chi connectivity index (χ1) is 13.9. The summed E-state index contributed by atoms with van der Waals surface area (Å²) in [6.07, 6.45) is 1.55. The molecule has 1 amide bonds. The van der Waals surface area contributed by atoms with Crippen molar-refractivity contribution in [3.8, 4) is 5.75 Å². The van der Waals surface area contributed by atoms with Gasteiger partial charge in [-0.1, -0.05) is 24.3 Å². The molecule has 4 rings (SSSR count). The van der Waals surface area contributed by atoms with Gasteiger partial charge >= 0.3 is 11.6 Å². The Morgan fingerprint density at radius 2 is 2.07 bits per heavy atom. The number of hydrogen-bond acceptors (Lipinski definition) is 7. The van der Waals surface area contributed by atoms with Crippen molar-refractivity contribution in [3.63, 3.8) is 0 Å². The van der Waals surface area contributed by atoms with Crippen LogP contribution >= 0.6 is 0 Å². The van der Waals surface area contributed by atoms with Crippen LogP contribution in [0.25, 0.3) is 0 Å². The summed E-state index contributed by atoms with van der Waals surface area (Å²) in [5.41, 5.74) is 4.03. The number of amides is 1. The maximum absolute atomic E-state index is 13.8. The van der Waals surface area contributed by atoms with Gasteiger partial charge in [-0.2, -0.15) is 0 Å². The summed E-state index contributed by atoms with van der Waals surface area (Å²) in [5, 5.41) is 0. The zero-order valence-electron chi connectivity index (χ0n) is 15.9. The van der Waals surface area contributed by atoms with Crippen LogP contribution in [-0.2, 0) is 19.7 Å². The Bertz CT molecular complexity index is 1160. The summed E-state index contributed by atoms with van der Waals surface area (Å²) < 4.78 is 15.8. The molecule has 2 aliphatic heterocycles. The van der Waals surface area contributed by atoms with E-state index in [1.165, 1.54) is 11.0 Å². The van der Waals surface area contributed by atoms with E-state index in [1.807, 2.05) is 0 Å². The van der Waals surface area contributed by atoms with Crippen molar-refractivity contribution in [2.24, 2.45) is 5.73 Å². The van der Waals surface area contributed by atoms with Crippen LogP contribution in [0.1, 0.15) is 16.9 Å². The number of carbonyl (C=O) groups is 2. The Kier molecular flexibility index (Phi) is 4.07. The van der Waals surface area contributed by atoms with E-state index in [-0.39, 0.29) is 35.1 Å². The highest BCUT2D eigenvalue weighted by Crippen LogP contribution is 2.54. The lowest BCUT2D eigenvalue weighted by molar-refractivity contribution is -0.138. The van der Waals surface area contributed by atoms with Crippen molar-refractivity contribution < 1.29 is 23.5 Å². The van der Waals surface area contributed by atoms with Gasteiger partial charge in [0, 0.05) is 23.9 Å². The normalized spacial score (nSPS) is 19.7. The second-order valence-corrected chi connectivity index (χ2v) is 6.69. The number of esters is 1. The number of fused-ring (bicyclic) bond motifs is 4. The standard InChI is InChI=1S/C21H18N2O6/c1-4-9-23-13-8-6-5-7-12(13)21(20(23)26)15-14(10-11(2)28-19(15)25)29-17(22)16(21)18(24)27-3/h4-8,10H,1,9,22H2,2-3H3. The molecule has 1 spiro atoms. The highest BCUT2D eigenvalue weighted by atomic mass is 16.5. The number of nitrogens with two attached hydrogens (primary N) is 1. The smallest absolute Gasteiger partial charge is 0.344 e. The molecule has 2 aromatic rings. The molecule has 8 nitrogen and oxygen atoms in total. The Morgan fingerprint density at radius 1 is 1.34 bits per heavy atom. The molecule has 3 heterocycles. The molecule has 1 aromatic carbocycles. The van der Waals surface area contributed by atoms with Gasteiger partial charge in [0.2, 0.25) is 11.8 Å².